The highest BCUT2D eigenvalue weighted by Gasteiger charge is 2.30. The standard InChI is InChI=1S/C7H4F3N2/c8-7(9,10)5-2-1-3-6(4-5)12-11/h1-4H/q-1. The van der Waals surface area contributed by atoms with Crippen LogP contribution >= 0.6 is 0 Å². The Labute approximate surface area is 66.5 Å². The minimum absolute atomic E-state index is 0.107. The number of alkyl halides is 3. The zero-order valence-corrected chi connectivity index (χ0v) is 5.84. The second kappa shape index (κ2) is 2.92. The lowest BCUT2D eigenvalue weighted by Crippen LogP contribution is -2.03. The molecule has 0 saturated carbocycles. The second-order valence-corrected chi connectivity index (χ2v) is 2.15. The van der Waals surface area contributed by atoms with Crippen molar-refractivity contribution in [2.24, 2.45) is 5.11 Å². The fourth-order valence-electron chi connectivity index (χ4n) is 0.744. The smallest absolute Gasteiger partial charge is 0.416 e. The van der Waals surface area contributed by atoms with Crippen molar-refractivity contribution in [2.45, 2.75) is 6.18 Å². The molecule has 0 aliphatic carbocycles. The number of nitrogens with zero attached hydrogens (tertiary/aromatic N) is 2. The van der Waals surface area contributed by atoms with E-state index in [0.29, 0.717) is 0 Å². The van der Waals surface area contributed by atoms with Crippen molar-refractivity contribution < 1.29 is 13.2 Å². The van der Waals surface area contributed by atoms with Crippen LogP contribution in [0.4, 0.5) is 18.9 Å². The molecule has 0 radical (unpaired) electrons. The quantitative estimate of drug-likeness (QED) is 0.583. The summed E-state index contributed by atoms with van der Waals surface area (Å²) in [5, 5.41) is 2.64. The van der Waals surface area contributed by atoms with Gasteiger partial charge in [0.05, 0.1) is 5.56 Å². The molecule has 0 aliphatic rings. The molecule has 0 saturated heterocycles. The number of rotatable bonds is 1. The SMILES string of the molecule is [N-]=Nc1cccc(C(F)(F)F)c1. The normalized spacial score (nSPS) is 11.2. The van der Waals surface area contributed by atoms with Crippen LogP contribution in [0.25, 0.3) is 5.53 Å². The molecule has 1 rings (SSSR count). The van der Waals surface area contributed by atoms with Crippen LogP contribution in [-0.2, 0) is 6.18 Å². The van der Waals surface area contributed by atoms with Gasteiger partial charge in [-0.05, 0) is 18.2 Å². The van der Waals surface area contributed by atoms with Gasteiger partial charge in [-0.25, -0.2) is 0 Å². The van der Waals surface area contributed by atoms with Crippen LogP contribution in [0.1, 0.15) is 5.56 Å². The van der Waals surface area contributed by atoms with Gasteiger partial charge in [0.25, 0.3) is 0 Å². The van der Waals surface area contributed by atoms with Gasteiger partial charge in [-0.15, -0.1) is 0 Å². The first-order valence-electron chi connectivity index (χ1n) is 3.06. The molecule has 0 fully saturated rings. The van der Waals surface area contributed by atoms with Gasteiger partial charge in [0.2, 0.25) is 0 Å². The largest absolute Gasteiger partial charge is 0.706 e. The first kappa shape index (κ1) is 8.70. The summed E-state index contributed by atoms with van der Waals surface area (Å²) in [5.74, 6) is 0. The van der Waals surface area contributed by atoms with Crippen LogP contribution in [0.2, 0.25) is 0 Å². The monoisotopic (exact) mass is 173 g/mol. The summed E-state index contributed by atoms with van der Waals surface area (Å²) in [6.45, 7) is 0. The lowest BCUT2D eigenvalue weighted by Gasteiger charge is -2.06. The summed E-state index contributed by atoms with van der Waals surface area (Å²) in [6.07, 6.45) is -4.39. The average molecular weight is 173 g/mol. The number of hydrogen-bond acceptors (Lipinski definition) is 1. The zero-order valence-electron chi connectivity index (χ0n) is 5.84. The van der Waals surface area contributed by atoms with Crippen LogP contribution in [-0.4, -0.2) is 0 Å². The Balaban J connectivity index is 3.10. The summed E-state index contributed by atoms with van der Waals surface area (Å²) < 4.78 is 35.9. The summed E-state index contributed by atoms with van der Waals surface area (Å²) in [7, 11) is 0. The number of benzene rings is 1. The number of halogens is 3. The predicted molar refractivity (Wildman–Crippen MR) is 36.9 cm³/mol. The van der Waals surface area contributed by atoms with E-state index in [4.69, 9.17) is 5.53 Å². The molecule has 0 spiro atoms. The van der Waals surface area contributed by atoms with E-state index >= 15 is 0 Å². The van der Waals surface area contributed by atoms with Crippen LogP contribution in [0, 0.1) is 0 Å². The third-order valence-corrected chi connectivity index (χ3v) is 1.29. The van der Waals surface area contributed by atoms with E-state index in [-0.39, 0.29) is 5.69 Å². The molecule has 1 aromatic carbocycles. The first-order chi connectivity index (χ1) is 5.54. The van der Waals surface area contributed by atoms with E-state index in [1.165, 1.54) is 12.1 Å². The molecule has 1 aromatic rings. The predicted octanol–water partition coefficient (Wildman–Crippen LogP) is 3.36. The highest BCUT2D eigenvalue weighted by atomic mass is 19.4. The van der Waals surface area contributed by atoms with E-state index in [1.807, 2.05) is 0 Å². The van der Waals surface area contributed by atoms with Crippen molar-refractivity contribution in [3.05, 3.63) is 35.4 Å². The first-order valence-corrected chi connectivity index (χ1v) is 3.06. The van der Waals surface area contributed by atoms with Crippen LogP contribution < -0.4 is 0 Å². The molecule has 0 N–H and O–H groups in total. The molecule has 64 valence electrons. The summed E-state index contributed by atoms with van der Waals surface area (Å²) in [5.41, 5.74) is 7.26. The van der Waals surface area contributed by atoms with Crippen molar-refractivity contribution in [1.29, 1.82) is 0 Å². The van der Waals surface area contributed by atoms with Crippen molar-refractivity contribution in [1.82, 2.24) is 0 Å². The lowest BCUT2D eigenvalue weighted by molar-refractivity contribution is -0.137. The maximum atomic E-state index is 12.0. The van der Waals surface area contributed by atoms with Gasteiger partial charge >= 0.3 is 6.18 Å². The second-order valence-electron chi connectivity index (χ2n) is 2.15. The number of hydrogen-bond donors (Lipinski definition) is 0. The molecule has 0 amide bonds. The topological polar surface area (TPSA) is 34.7 Å². The molecular formula is C7H4F3N2-. The van der Waals surface area contributed by atoms with Crippen LogP contribution in [0.15, 0.2) is 29.4 Å². The molecule has 0 aliphatic heterocycles. The van der Waals surface area contributed by atoms with E-state index in [9.17, 15) is 13.2 Å². The molecule has 5 heteroatoms. The van der Waals surface area contributed by atoms with Crippen molar-refractivity contribution in [2.75, 3.05) is 0 Å². The van der Waals surface area contributed by atoms with Crippen molar-refractivity contribution in [3.8, 4) is 0 Å². The van der Waals surface area contributed by atoms with E-state index < -0.39 is 11.7 Å². The summed E-state index contributed by atoms with van der Waals surface area (Å²) in [6, 6.07) is 4.13. The van der Waals surface area contributed by atoms with Gasteiger partial charge < -0.3 is 10.6 Å². The minimum atomic E-state index is -4.39. The van der Waals surface area contributed by atoms with Crippen molar-refractivity contribution >= 4 is 5.69 Å². The Bertz CT molecular complexity index is 293. The van der Waals surface area contributed by atoms with Gasteiger partial charge in [0.15, 0.2) is 0 Å². The van der Waals surface area contributed by atoms with Gasteiger partial charge in [-0.3, -0.25) is 0 Å². The molecule has 0 bridgehead atoms. The zero-order chi connectivity index (χ0) is 9.19. The Morgan fingerprint density at radius 1 is 1.25 bits per heavy atom. The average Bonchev–Trinajstić information content (AvgIpc) is 2.03. The summed E-state index contributed by atoms with van der Waals surface area (Å²) in [4.78, 5) is 0. The molecule has 0 atom stereocenters. The van der Waals surface area contributed by atoms with Crippen LogP contribution in [0.5, 0.6) is 0 Å². The third-order valence-electron chi connectivity index (χ3n) is 1.29. The maximum Gasteiger partial charge on any atom is 0.416 e. The van der Waals surface area contributed by atoms with E-state index in [1.54, 1.807) is 0 Å². The molecule has 0 aromatic heterocycles. The fourth-order valence-corrected chi connectivity index (χ4v) is 0.744. The molecular weight excluding hydrogens is 169 g/mol. The lowest BCUT2D eigenvalue weighted by atomic mass is 10.2. The molecule has 0 unspecified atom stereocenters. The van der Waals surface area contributed by atoms with E-state index in [2.05, 4.69) is 5.11 Å². The molecule has 2 nitrogen and oxygen atoms in total. The fraction of sp³-hybridized carbons (Fsp3) is 0.143. The Morgan fingerprint density at radius 3 is 2.42 bits per heavy atom. The molecule has 0 heterocycles. The van der Waals surface area contributed by atoms with Gasteiger partial charge in [-0.2, -0.15) is 13.2 Å². The highest BCUT2D eigenvalue weighted by molar-refractivity contribution is 5.40. The highest BCUT2D eigenvalue weighted by Crippen LogP contribution is 2.31. The van der Waals surface area contributed by atoms with Gasteiger partial charge in [-0.1, -0.05) is 6.07 Å². The third kappa shape index (κ3) is 1.81. The van der Waals surface area contributed by atoms with Crippen LogP contribution in [0.3, 0.4) is 0 Å². The Hall–Kier alpha value is -1.39. The van der Waals surface area contributed by atoms with Gasteiger partial charge in [0.1, 0.15) is 0 Å². The maximum absolute atomic E-state index is 12.0. The Morgan fingerprint density at radius 2 is 1.92 bits per heavy atom. The summed E-state index contributed by atoms with van der Waals surface area (Å²) >= 11 is 0. The van der Waals surface area contributed by atoms with Gasteiger partial charge in [0, 0.05) is 5.69 Å². The van der Waals surface area contributed by atoms with E-state index in [0.717, 1.165) is 12.1 Å². The Kier molecular flexibility index (Phi) is 2.12. The minimum Gasteiger partial charge on any atom is -0.706 e. The molecule has 12 heavy (non-hydrogen) atoms. The van der Waals surface area contributed by atoms with Crippen molar-refractivity contribution in [3.63, 3.8) is 0 Å².